The zero-order valence-corrected chi connectivity index (χ0v) is 25.0. The normalized spacial score (nSPS) is 43.5. The molecule has 0 saturated heterocycles. The Kier molecular flexibility index (Phi) is 8.35. The zero-order valence-electron chi connectivity index (χ0n) is 24.0. The van der Waals surface area contributed by atoms with Crippen LogP contribution in [0, 0.1) is 22.7 Å². The molecular formula is C27H50O8Si. The second-order valence-corrected chi connectivity index (χ2v) is 18.4. The van der Waals surface area contributed by atoms with E-state index in [0.717, 1.165) is 0 Å². The van der Waals surface area contributed by atoms with Gasteiger partial charge in [0, 0.05) is 37.9 Å². The Balaban J connectivity index is 2.23. The summed E-state index contributed by atoms with van der Waals surface area (Å²) in [5, 5.41) is 35.3. The van der Waals surface area contributed by atoms with E-state index in [2.05, 4.69) is 33.9 Å². The van der Waals surface area contributed by atoms with Gasteiger partial charge in [-0.3, -0.25) is 4.79 Å². The van der Waals surface area contributed by atoms with E-state index in [0.29, 0.717) is 12.8 Å². The summed E-state index contributed by atoms with van der Waals surface area (Å²) in [5.41, 5.74) is -3.29. The highest BCUT2D eigenvalue weighted by Crippen LogP contribution is 2.60. The number of hydrogen-bond acceptors (Lipinski definition) is 8. The molecule has 3 aliphatic carbocycles. The van der Waals surface area contributed by atoms with E-state index in [-0.39, 0.29) is 36.4 Å². The lowest BCUT2D eigenvalue weighted by Gasteiger charge is -2.53. The van der Waals surface area contributed by atoms with Gasteiger partial charge in [0.2, 0.25) is 0 Å². The van der Waals surface area contributed by atoms with Crippen LogP contribution >= 0.6 is 0 Å². The molecule has 0 aliphatic heterocycles. The fourth-order valence-electron chi connectivity index (χ4n) is 6.84. The van der Waals surface area contributed by atoms with E-state index in [4.69, 9.17) is 18.6 Å². The molecule has 3 N–H and O–H groups in total. The molecule has 0 unspecified atom stereocenters. The number of carbonyl (C=O) groups is 1. The smallest absolute Gasteiger partial charge is 0.192 e. The first-order valence-electron chi connectivity index (χ1n) is 13.3. The first kappa shape index (κ1) is 30.2. The summed E-state index contributed by atoms with van der Waals surface area (Å²) < 4.78 is 23.8. The van der Waals surface area contributed by atoms with Crippen molar-refractivity contribution in [1.29, 1.82) is 0 Å². The molecule has 0 aromatic rings. The predicted molar refractivity (Wildman–Crippen MR) is 139 cm³/mol. The van der Waals surface area contributed by atoms with Crippen molar-refractivity contribution in [3.63, 3.8) is 0 Å². The van der Waals surface area contributed by atoms with Crippen molar-refractivity contribution in [2.45, 2.75) is 121 Å². The predicted octanol–water partition coefficient (Wildman–Crippen LogP) is 3.27. The second kappa shape index (κ2) is 9.97. The number of ether oxygens (including phenoxy) is 3. The number of ketones is 1. The Morgan fingerprint density at radius 1 is 1.06 bits per heavy atom. The van der Waals surface area contributed by atoms with E-state index < -0.39 is 61.2 Å². The van der Waals surface area contributed by atoms with Crippen LogP contribution in [-0.4, -0.2) is 86.6 Å². The van der Waals surface area contributed by atoms with Gasteiger partial charge in [-0.25, -0.2) is 0 Å². The van der Waals surface area contributed by atoms with Gasteiger partial charge in [0.05, 0.1) is 35.4 Å². The van der Waals surface area contributed by atoms with Gasteiger partial charge in [-0.15, -0.1) is 0 Å². The highest BCUT2D eigenvalue weighted by Gasteiger charge is 2.68. The lowest BCUT2D eigenvalue weighted by atomic mass is 9.58. The Morgan fingerprint density at radius 2 is 1.67 bits per heavy atom. The van der Waals surface area contributed by atoms with Crippen LogP contribution in [0.5, 0.6) is 0 Å². The summed E-state index contributed by atoms with van der Waals surface area (Å²) in [6.07, 6.45) is -2.79. The van der Waals surface area contributed by atoms with Crippen LogP contribution in [0.2, 0.25) is 18.1 Å². The summed E-state index contributed by atoms with van der Waals surface area (Å²) >= 11 is 0. The van der Waals surface area contributed by atoms with Crippen LogP contribution in [0.3, 0.4) is 0 Å². The van der Waals surface area contributed by atoms with Gasteiger partial charge < -0.3 is 34.0 Å². The highest BCUT2D eigenvalue weighted by molar-refractivity contribution is 6.74. The lowest BCUT2D eigenvalue weighted by Crippen LogP contribution is -2.63. The van der Waals surface area contributed by atoms with Crippen molar-refractivity contribution in [2.75, 3.05) is 21.0 Å². The molecule has 210 valence electrons. The van der Waals surface area contributed by atoms with E-state index in [9.17, 15) is 20.1 Å². The molecule has 0 heterocycles. The summed E-state index contributed by atoms with van der Waals surface area (Å²) in [7, 11) is 0.644. The molecule has 9 atom stereocenters. The third kappa shape index (κ3) is 4.55. The summed E-state index contributed by atoms with van der Waals surface area (Å²) in [4.78, 5) is 14.4. The largest absolute Gasteiger partial charge is 0.411 e. The Morgan fingerprint density at radius 3 is 2.19 bits per heavy atom. The van der Waals surface area contributed by atoms with E-state index in [1.165, 1.54) is 14.2 Å². The van der Waals surface area contributed by atoms with Crippen molar-refractivity contribution in [2.24, 2.45) is 22.7 Å². The third-order valence-corrected chi connectivity index (χ3v) is 15.1. The van der Waals surface area contributed by atoms with Gasteiger partial charge in [0.1, 0.15) is 12.9 Å². The Bertz CT molecular complexity index is 810. The Hall–Kier alpha value is -0.393. The van der Waals surface area contributed by atoms with Crippen LogP contribution in [0.4, 0.5) is 0 Å². The number of fused-ring (bicyclic) bond motifs is 3. The number of carbonyl (C=O) groups excluding carboxylic acids is 1. The molecule has 3 rings (SSSR count). The fourth-order valence-corrected chi connectivity index (χ4v) is 8.20. The molecule has 0 radical (unpaired) electrons. The molecular weight excluding hydrogens is 480 g/mol. The maximum absolute atomic E-state index is 14.4. The minimum absolute atomic E-state index is 0.0780. The van der Waals surface area contributed by atoms with Crippen molar-refractivity contribution in [3.8, 4) is 0 Å². The molecule has 0 aromatic carbocycles. The average molecular weight is 531 g/mol. The average Bonchev–Trinajstić information content (AvgIpc) is 3.02. The maximum atomic E-state index is 14.4. The molecule has 0 amide bonds. The van der Waals surface area contributed by atoms with Gasteiger partial charge in [-0.1, -0.05) is 34.6 Å². The van der Waals surface area contributed by atoms with Gasteiger partial charge in [-0.2, -0.15) is 0 Å². The molecule has 0 aromatic heterocycles. The van der Waals surface area contributed by atoms with E-state index >= 15 is 0 Å². The quantitative estimate of drug-likeness (QED) is 0.354. The zero-order chi connectivity index (χ0) is 27.5. The van der Waals surface area contributed by atoms with Crippen LogP contribution < -0.4 is 0 Å². The molecule has 3 aliphatic rings. The maximum Gasteiger partial charge on any atom is 0.192 e. The first-order valence-corrected chi connectivity index (χ1v) is 16.2. The molecule has 2 bridgehead atoms. The number of aliphatic hydroxyl groups is 3. The lowest BCUT2D eigenvalue weighted by molar-refractivity contribution is -0.196. The van der Waals surface area contributed by atoms with Crippen molar-refractivity contribution in [1.82, 2.24) is 0 Å². The van der Waals surface area contributed by atoms with Gasteiger partial charge in [0.25, 0.3) is 0 Å². The standard InChI is InChI=1S/C27H50O8Si/c1-24(2,3)36(9,10)35-20-13-17-21(29)18(33-8)14-19(28)26(17,6)23(30)22(34-15-32-7)16-11-12-27(20,31)25(16,4)5/h16-22,28-29,31H,11-15H2,1-10H3/t16-,17-,18-,19+,20+,21+,22-,26+,27-/m1/s1. The SMILES string of the molecule is COCO[C@H]1C(=O)[C@@]2(C)[C@H](C[C@H](O[Si](C)(C)C(C)(C)C)[C@]3(O)CC[C@H]1C3(C)C)[C@H](O)[C@H](OC)C[C@@H]2O. The van der Waals surface area contributed by atoms with E-state index in [1.807, 2.05) is 13.8 Å². The number of aliphatic hydroxyl groups excluding tert-OH is 2. The Labute approximate surface area is 218 Å². The number of Topliss-reactive ketones (excluding diaryl/α,β-unsaturated/α-hetero) is 1. The summed E-state index contributed by atoms with van der Waals surface area (Å²) in [6, 6.07) is 0. The fraction of sp³-hybridized carbons (Fsp3) is 0.963. The van der Waals surface area contributed by atoms with E-state index in [1.54, 1.807) is 6.92 Å². The first-order chi connectivity index (χ1) is 16.4. The molecule has 36 heavy (non-hydrogen) atoms. The van der Waals surface area contributed by atoms with Gasteiger partial charge in [0.15, 0.2) is 14.1 Å². The minimum Gasteiger partial charge on any atom is -0.411 e. The van der Waals surface area contributed by atoms with Gasteiger partial charge >= 0.3 is 0 Å². The third-order valence-electron chi connectivity index (χ3n) is 10.7. The molecule has 9 heteroatoms. The molecule has 3 saturated carbocycles. The summed E-state index contributed by atoms with van der Waals surface area (Å²) in [5.74, 6) is -1.25. The molecule has 8 nitrogen and oxygen atoms in total. The van der Waals surface area contributed by atoms with Crippen molar-refractivity contribution < 1.29 is 38.8 Å². The van der Waals surface area contributed by atoms with Gasteiger partial charge in [-0.05, 0) is 44.3 Å². The molecule has 0 spiro atoms. The highest BCUT2D eigenvalue weighted by atomic mass is 28.4. The molecule has 3 fully saturated rings. The monoisotopic (exact) mass is 530 g/mol. The van der Waals surface area contributed by atoms with Crippen LogP contribution in [0.25, 0.3) is 0 Å². The topological polar surface area (TPSA) is 115 Å². The van der Waals surface area contributed by atoms with Crippen LogP contribution in [-0.2, 0) is 23.4 Å². The van der Waals surface area contributed by atoms with Crippen molar-refractivity contribution >= 4 is 14.1 Å². The number of methoxy groups -OCH3 is 2. The van der Waals surface area contributed by atoms with Crippen molar-refractivity contribution in [3.05, 3.63) is 0 Å². The number of hydrogen-bond donors (Lipinski definition) is 3. The number of rotatable bonds is 6. The minimum atomic E-state index is -2.37. The second-order valence-electron chi connectivity index (χ2n) is 13.7. The van der Waals surface area contributed by atoms with Crippen LogP contribution in [0.15, 0.2) is 0 Å². The summed E-state index contributed by atoms with van der Waals surface area (Å²) in [6.45, 7) is 16.4. The van der Waals surface area contributed by atoms with Crippen LogP contribution in [0.1, 0.15) is 67.2 Å².